The number of amides is 1. The highest BCUT2D eigenvalue weighted by Gasteiger charge is 2.25. The van der Waals surface area contributed by atoms with Gasteiger partial charge in [0.25, 0.3) is 5.91 Å². The molecule has 3 rings (SSSR count). The average Bonchev–Trinajstić information content (AvgIpc) is 3.26. The molecule has 0 aliphatic heterocycles. The Labute approximate surface area is 125 Å². The molecule has 0 saturated heterocycles. The minimum absolute atomic E-state index is 0.153. The molecule has 0 spiro atoms. The molecule has 0 bridgehead atoms. The lowest BCUT2D eigenvalue weighted by atomic mass is 9.98. The van der Waals surface area contributed by atoms with Crippen molar-refractivity contribution in [2.24, 2.45) is 5.73 Å². The summed E-state index contributed by atoms with van der Waals surface area (Å²) < 4.78 is 27.2. The van der Waals surface area contributed by atoms with Gasteiger partial charge >= 0.3 is 0 Å². The fourth-order valence-corrected chi connectivity index (χ4v) is 2.33. The molecule has 0 atom stereocenters. The Balaban J connectivity index is 2.20. The zero-order chi connectivity index (χ0) is 15.9. The van der Waals surface area contributed by atoms with Crippen LogP contribution in [-0.4, -0.2) is 22.1 Å². The molecule has 1 amide bonds. The van der Waals surface area contributed by atoms with Crippen molar-refractivity contribution in [3.8, 4) is 11.1 Å². The van der Waals surface area contributed by atoms with Gasteiger partial charge in [-0.15, -0.1) is 0 Å². The summed E-state index contributed by atoms with van der Waals surface area (Å²) in [6.07, 6.45) is 3.27. The van der Waals surface area contributed by atoms with Gasteiger partial charge in [-0.2, -0.15) is 10.2 Å². The topological polar surface area (TPSA) is 80.9 Å². The number of carbonyl (C=O) groups excluding carboxylic acids is 1. The monoisotopic (exact) mass is 304 g/mol. The first-order chi connectivity index (χ1) is 10.5. The summed E-state index contributed by atoms with van der Waals surface area (Å²) in [4.78, 5) is 11.7. The minimum atomic E-state index is -0.999. The van der Waals surface area contributed by atoms with Crippen molar-refractivity contribution in [3.63, 3.8) is 0 Å². The van der Waals surface area contributed by atoms with E-state index in [9.17, 15) is 13.6 Å². The van der Waals surface area contributed by atoms with E-state index in [0.29, 0.717) is 22.5 Å². The van der Waals surface area contributed by atoms with E-state index in [1.165, 1.54) is 6.20 Å². The Morgan fingerprint density at radius 1 is 1.27 bits per heavy atom. The van der Waals surface area contributed by atoms with Gasteiger partial charge in [0.15, 0.2) is 11.6 Å². The predicted octanol–water partition coefficient (Wildman–Crippen LogP) is 2.40. The van der Waals surface area contributed by atoms with E-state index in [-0.39, 0.29) is 11.6 Å². The average molecular weight is 304 g/mol. The molecule has 3 N–H and O–H groups in total. The van der Waals surface area contributed by atoms with Crippen molar-refractivity contribution in [1.29, 1.82) is 0 Å². The molecule has 1 aliphatic rings. The highest BCUT2D eigenvalue weighted by molar-refractivity contribution is 6.02. The highest BCUT2D eigenvalue weighted by Crippen LogP contribution is 2.35. The third-order valence-corrected chi connectivity index (χ3v) is 3.56. The summed E-state index contributed by atoms with van der Waals surface area (Å²) in [6.45, 7) is 1.59. The van der Waals surface area contributed by atoms with Crippen LogP contribution in [0.1, 0.15) is 28.9 Å². The van der Waals surface area contributed by atoms with Crippen LogP contribution in [0.25, 0.3) is 11.1 Å². The quantitative estimate of drug-likeness (QED) is 0.909. The molecule has 1 aromatic heterocycles. The van der Waals surface area contributed by atoms with Crippen LogP contribution < -0.4 is 11.1 Å². The number of halogens is 2. The molecule has 114 valence electrons. The van der Waals surface area contributed by atoms with E-state index in [1.54, 1.807) is 6.92 Å². The van der Waals surface area contributed by atoms with E-state index in [0.717, 1.165) is 25.0 Å². The van der Waals surface area contributed by atoms with Crippen molar-refractivity contribution in [1.82, 2.24) is 10.2 Å². The number of benzene rings is 1. The summed E-state index contributed by atoms with van der Waals surface area (Å²) in [5.74, 6) is -2.64. The molecule has 0 radical (unpaired) electrons. The molecule has 1 saturated carbocycles. The standard InChI is InChI=1S/C15H14F2N4O/c1-7-14(15(18)22)10(6-19-21-7)9-4-11(16)12(17)5-13(9)20-8-2-3-8/h4-6,8,20H,2-3H2,1H3,(H2,18,22). The van der Waals surface area contributed by atoms with Crippen molar-refractivity contribution >= 4 is 11.6 Å². The van der Waals surface area contributed by atoms with Crippen LogP contribution in [0.4, 0.5) is 14.5 Å². The maximum Gasteiger partial charge on any atom is 0.251 e. The minimum Gasteiger partial charge on any atom is -0.382 e. The van der Waals surface area contributed by atoms with Crippen molar-refractivity contribution < 1.29 is 13.6 Å². The van der Waals surface area contributed by atoms with Crippen LogP contribution >= 0.6 is 0 Å². The summed E-state index contributed by atoms with van der Waals surface area (Å²) in [5, 5.41) is 10.7. The Bertz CT molecular complexity index is 759. The van der Waals surface area contributed by atoms with Gasteiger partial charge < -0.3 is 11.1 Å². The molecule has 7 heteroatoms. The lowest BCUT2D eigenvalue weighted by Gasteiger charge is -2.15. The molecule has 0 unspecified atom stereocenters. The fourth-order valence-electron chi connectivity index (χ4n) is 2.33. The third-order valence-electron chi connectivity index (χ3n) is 3.56. The first-order valence-electron chi connectivity index (χ1n) is 6.85. The lowest BCUT2D eigenvalue weighted by Crippen LogP contribution is -2.16. The van der Waals surface area contributed by atoms with Crippen LogP contribution in [0.15, 0.2) is 18.3 Å². The number of aromatic nitrogens is 2. The summed E-state index contributed by atoms with van der Waals surface area (Å²) >= 11 is 0. The number of rotatable bonds is 4. The van der Waals surface area contributed by atoms with Crippen LogP contribution in [0.3, 0.4) is 0 Å². The number of aryl methyl sites for hydroxylation is 1. The number of nitrogens with two attached hydrogens (primary N) is 1. The number of hydrogen-bond donors (Lipinski definition) is 2. The Morgan fingerprint density at radius 2 is 1.95 bits per heavy atom. The van der Waals surface area contributed by atoms with Gasteiger partial charge in [-0.3, -0.25) is 4.79 Å². The Kier molecular flexibility index (Phi) is 3.48. The smallest absolute Gasteiger partial charge is 0.251 e. The van der Waals surface area contributed by atoms with Crippen LogP contribution in [0, 0.1) is 18.6 Å². The Hall–Kier alpha value is -2.57. The first-order valence-corrected chi connectivity index (χ1v) is 6.85. The van der Waals surface area contributed by atoms with Gasteiger partial charge in [0.1, 0.15) is 0 Å². The number of primary amides is 1. The molecule has 1 aliphatic carbocycles. The van der Waals surface area contributed by atoms with Gasteiger partial charge in [0, 0.05) is 28.9 Å². The molecule has 22 heavy (non-hydrogen) atoms. The molecular weight excluding hydrogens is 290 g/mol. The molecular formula is C15H14F2N4O. The van der Waals surface area contributed by atoms with Crippen molar-refractivity contribution in [2.75, 3.05) is 5.32 Å². The van der Waals surface area contributed by atoms with E-state index in [1.807, 2.05) is 0 Å². The van der Waals surface area contributed by atoms with Gasteiger partial charge in [0.05, 0.1) is 17.5 Å². The maximum absolute atomic E-state index is 13.7. The summed E-state index contributed by atoms with van der Waals surface area (Å²) in [7, 11) is 0. The Morgan fingerprint density at radius 3 is 2.59 bits per heavy atom. The number of nitrogens with zero attached hydrogens (tertiary/aromatic N) is 2. The molecule has 1 aromatic carbocycles. The number of carbonyl (C=O) groups is 1. The zero-order valence-corrected chi connectivity index (χ0v) is 11.9. The van der Waals surface area contributed by atoms with Crippen molar-refractivity contribution in [2.45, 2.75) is 25.8 Å². The third kappa shape index (κ3) is 2.61. The van der Waals surface area contributed by atoms with E-state index < -0.39 is 17.5 Å². The van der Waals surface area contributed by atoms with E-state index in [4.69, 9.17) is 5.73 Å². The number of hydrogen-bond acceptors (Lipinski definition) is 4. The normalized spacial score (nSPS) is 14.0. The fraction of sp³-hybridized carbons (Fsp3) is 0.267. The zero-order valence-electron chi connectivity index (χ0n) is 11.9. The second kappa shape index (κ2) is 5.32. The highest BCUT2D eigenvalue weighted by atomic mass is 19.2. The van der Waals surface area contributed by atoms with Gasteiger partial charge in [-0.1, -0.05) is 0 Å². The molecule has 5 nitrogen and oxygen atoms in total. The largest absolute Gasteiger partial charge is 0.382 e. The second-order valence-corrected chi connectivity index (χ2v) is 5.31. The number of anilines is 1. The first kappa shape index (κ1) is 14.4. The van der Waals surface area contributed by atoms with E-state index >= 15 is 0 Å². The van der Waals surface area contributed by atoms with Crippen molar-refractivity contribution in [3.05, 3.63) is 41.2 Å². The van der Waals surface area contributed by atoms with Gasteiger partial charge in [0.2, 0.25) is 0 Å². The summed E-state index contributed by atoms with van der Waals surface area (Å²) in [5.41, 5.74) is 6.98. The van der Waals surface area contributed by atoms with Gasteiger partial charge in [-0.05, 0) is 25.8 Å². The van der Waals surface area contributed by atoms with Crippen LogP contribution in [0.2, 0.25) is 0 Å². The molecule has 1 heterocycles. The molecule has 2 aromatic rings. The second-order valence-electron chi connectivity index (χ2n) is 5.31. The predicted molar refractivity (Wildman–Crippen MR) is 77.3 cm³/mol. The van der Waals surface area contributed by atoms with Crippen LogP contribution in [-0.2, 0) is 0 Å². The van der Waals surface area contributed by atoms with Gasteiger partial charge in [-0.25, -0.2) is 8.78 Å². The number of nitrogens with one attached hydrogen (secondary N) is 1. The lowest BCUT2D eigenvalue weighted by molar-refractivity contribution is 0.0999. The SMILES string of the molecule is Cc1nncc(-c2cc(F)c(F)cc2NC2CC2)c1C(N)=O. The summed E-state index contributed by atoms with van der Waals surface area (Å²) in [6, 6.07) is 2.36. The van der Waals surface area contributed by atoms with E-state index in [2.05, 4.69) is 15.5 Å². The molecule has 1 fully saturated rings. The van der Waals surface area contributed by atoms with Crippen LogP contribution in [0.5, 0.6) is 0 Å². The maximum atomic E-state index is 13.7.